The standard InChI is InChI=1S/C14H25N3O/c1-5-7-8-18-14-10-12(15-6-2)16-13(17-14)9-11(3)4/h10-11H,5-9H2,1-4H3,(H,15,16,17). The smallest absolute Gasteiger partial charge is 0.218 e. The molecule has 0 atom stereocenters. The van der Waals surface area contributed by atoms with Gasteiger partial charge in [-0.1, -0.05) is 27.2 Å². The summed E-state index contributed by atoms with van der Waals surface area (Å²) in [5.74, 6) is 2.94. The first-order valence-corrected chi connectivity index (χ1v) is 6.90. The summed E-state index contributed by atoms with van der Waals surface area (Å²) in [5.41, 5.74) is 0. The summed E-state index contributed by atoms with van der Waals surface area (Å²) in [6.45, 7) is 10.1. The zero-order valence-corrected chi connectivity index (χ0v) is 12.0. The molecule has 0 saturated heterocycles. The zero-order valence-electron chi connectivity index (χ0n) is 12.0. The highest BCUT2D eigenvalue weighted by molar-refractivity contribution is 5.38. The third kappa shape index (κ3) is 5.34. The summed E-state index contributed by atoms with van der Waals surface area (Å²) in [6.07, 6.45) is 3.06. The van der Waals surface area contributed by atoms with E-state index in [1.807, 2.05) is 6.07 Å². The lowest BCUT2D eigenvalue weighted by Crippen LogP contribution is -2.08. The summed E-state index contributed by atoms with van der Waals surface area (Å²) >= 11 is 0. The maximum atomic E-state index is 5.66. The quantitative estimate of drug-likeness (QED) is 0.720. The van der Waals surface area contributed by atoms with Crippen molar-refractivity contribution in [3.63, 3.8) is 0 Å². The van der Waals surface area contributed by atoms with Crippen LogP contribution >= 0.6 is 0 Å². The Morgan fingerprint density at radius 2 is 2.06 bits per heavy atom. The van der Waals surface area contributed by atoms with Crippen LogP contribution in [0.1, 0.15) is 46.4 Å². The van der Waals surface area contributed by atoms with E-state index >= 15 is 0 Å². The SMILES string of the molecule is CCCCOc1cc(NCC)nc(CC(C)C)n1. The molecule has 1 heterocycles. The molecule has 0 saturated carbocycles. The molecule has 102 valence electrons. The predicted molar refractivity (Wildman–Crippen MR) is 75.1 cm³/mol. The summed E-state index contributed by atoms with van der Waals surface area (Å²) in [5, 5.41) is 3.22. The van der Waals surface area contributed by atoms with Gasteiger partial charge in [0.15, 0.2) is 0 Å². The molecule has 0 aromatic carbocycles. The zero-order chi connectivity index (χ0) is 13.4. The lowest BCUT2D eigenvalue weighted by Gasteiger charge is -2.11. The van der Waals surface area contributed by atoms with E-state index in [0.29, 0.717) is 11.8 Å². The van der Waals surface area contributed by atoms with Crippen LogP contribution in [0.25, 0.3) is 0 Å². The largest absolute Gasteiger partial charge is 0.478 e. The van der Waals surface area contributed by atoms with Gasteiger partial charge in [-0.05, 0) is 19.3 Å². The van der Waals surface area contributed by atoms with E-state index in [0.717, 1.165) is 44.1 Å². The van der Waals surface area contributed by atoms with Crippen molar-refractivity contribution in [2.24, 2.45) is 5.92 Å². The van der Waals surface area contributed by atoms with Crippen molar-refractivity contribution in [2.45, 2.75) is 47.0 Å². The molecule has 0 bridgehead atoms. The third-order valence-electron chi connectivity index (χ3n) is 2.45. The monoisotopic (exact) mass is 251 g/mol. The van der Waals surface area contributed by atoms with E-state index in [1.54, 1.807) is 0 Å². The van der Waals surface area contributed by atoms with Gasteiger partial charge in [-0.3, -0.25) is 0 Å². The van der Waals surface area contributed by atoms with Gasteiger partial charge in [0.1, 0.15) is 11.6 Å². The minimum absolute atomic E-state index is 0.547. The summed E-state index contributed by atoms with van der Waals surface area (Å²) in [6, 6.07) is 1.88. The Morgan fingerprint density at radius 3 is 2.67 bits per heavy atom. The Morgan fingerprint density at radius 1 is 1.28 bits per heavy atom. The molecular formula is C14H25N3O. The van der Waals surface area contributed by atoms with E-state index in [2.05, 4.69) is 43.0 Å². The van der Waals surface area contributed by atoms with Gasteiger partial charge in [0, 0.05) is 19.0 Å². The van der Waals surface area contributed by atoms with Crippen molar-refractivity contribution >= 4 is 5.82 Å². The van der Waals surface area contributed by atoms with Crippen LogP contribution in [0.2, 0.25) is 0 Å². The molecule has 0 amide bonds. The molecule has 1 N–H and O–H groups in total. The molecule has 0 unspecified atom stereocenters. The lowest BCUT2D eigenvalue weighted by atomic mass is 10.1. The molecule has 0 aliphatic rings. The van der Waals surface area contributed by atoms with Crippen LogP contribution in [0, 0.1) is 5.92 Å². The molecule has 1 aromatic rings. The first kappa shape index (κ1) is 14.7. The second kappa shape index (κ2) is 7.90. The molecule has 4 nitrogen and oxygen atoms in total. The number of nitrogens with zero attached hydrogens (tertiary/aromatic N) is 2. The van der Waals surface area contributed by atoms with Crippen molar-refractivity contribution in [3.05, 3.63) is 11.9 Å². The van der Waals surface area contributed by atoms with Crippen molar-refractivity contribution in [1.82, 2.24) is 9.97 Å². The predicted octanol–water partition coefficient (Wildman–Crippen LogP) is 3.29. The number of aromatic nitrogens is 2. The molecule has 4 heteroatoms. The number of ether oxygens (including phenoxy) is 1. The highest BCUT2D eigenvalue weighted by atomic mass is 16.5. The van der Waals surface area contributed by atoms with Crippen LogP contribution in [0.3, 0.4) is 0 Å². The maximum Gasteiger partial charge on any atom is 0.218 e. The summed E-state index contributed by atoms with van der Waals surface area (Å²) in [4.78, 5) is 8.94. The first-order chi connectivity index (χ1) is 8.65. The second-order valence-corrected chi connectivity index (χ2v) is 4.84. The maximum absolute atomic E-state index is 5.66. The topological polar surface area (TPSA) is 47.0 Å². The molecule has 0 spiro atoms. The van der Waals surface area contributed by atoms with Gasteiger partial charge in [-0.25, -0.2) is 4.98 Å². The molecule has 1 rings (SSSR count). The minimum Gasteiger partial charge on any atom is -0.478 e. The highest BCUT2D eigenvalue weighted by Gasteiger charge is 2.07. The Bertz CT molecular complexity index is 353. The van der Waals surface area contributed by atoms with Gasteiger partial charge in [-0.2, -0.15) is 4.98 Å². The number of rotatable bonds is 8. The molecular weight excluding hydrogens is 226 g/mol. The van der Waals surface area contributed by atoms with Crippen molar-refractivity contribution in [2.75, 3.05) is 18.5 Å². The van der Waals surface area contributed by atoms with Crippen molar-refractivity contribution in [1.29, 1.82) is 0 Å². The number of unbranched alkanes of at least 4 members (excludes halogenated alkanes) is 1. The van der Waals surface area contributed by atoms with Gasteiger partial charge < -0.3 is 10.1 Å². The van der Waals surface area contributed by atoms with E-state index < -0.39 is 0 Å². The van der Waals surface area contributed by atoms with Crippen LogP contribution in [0.4, 0.5) is 5.82 Å². The normalized spacial score (nSPS) is 10.7. The van der Waals surface area contributed by atoms with E-state index in [4.69, 9.17) is 4.74 Å². The van der Waals surface area contributed by atoms with Crippen LogP contribution in [-0.4, -0.2) is 23.1 Å². The fourth-order valence-corrected chi connectivity index (χ4v) is 1.60. The van der Waals surface area contributed by atoms with Gasteiger partial charge in [0.05, 0.1) is 6.61 Å². The van der Waals surface area contributed by atoms with Gasteiger partial charge in [0.2, 0.25) is 5.88 Å². The van der Waals surface area contributed by atoms with Crippen molar-refractivity contribution in [3.8, 4) is 5.88 Å². The Hall–Kier alpha value is -1.32. The van der Waals surface area contributed by atoms with Gasteiger partial charge >= 0.3 is 0 Å². The number of nitrogens with one attached hydrogen (secondary N) is 1. The number of anilines is 1. The minimum atomic E-state index is 0.547. The fraction of sp³-hybridized carbons (Fsp3) is 0.714. The molecule has 0 fully saturated rings. The Labute approximate surface area is 110 Å². The van der Waals surface area contributed by atoms with Crippen LogP contribution in [-0.2, 0) is 6.42 Å². The average molecular weight is 251 g/mol. The third-order valence-corrected chi connectivity index (χ3v) is 2.45. The van der Waals surface area contributed by atoms with Crippen LogP contribution in [0.15, 0.2) is 6.07 Å². The Balaban J connectivity index is 2.77. The average Bonchev–Trinajstić information content (AvgIpc) is 2.28. The molecule has 0 aliphatic carbocycles. The number of hydrogen-bond acceptors (Lipinski definition) is 4. The van der Waals surface area contributed by atoms with E-state index in [-0.39, 0.29) is 0 Å². The summed E-state index contributed by atoms with van der Waals surface area (Å²) in [7, 11) is 0. The van der Waals surface area contributed by atoms with Crippen molar-refractivity contribution < 1.29 is 4.74 Å². The fourth-order valence-electron chi connectivity index (χ4n) is 1.60. The molecule has 0 radical (unpaired) electrons. The first-order valence-electron chi connectivity index (χ1n) is 6.90. The molecule has 18 heavy (non-hydrogen) atoms. The molecule has 0 aliphatic heterocycles. The Kier molecular flexibility index (Phi) is 6.47. The lowest BCUT2D eigenvalue weighted by molar-refractivity contribution is 0.296. The van der Waals surface area contributed by atoms with Gasteiger partial charge in [0.25, 0.3) is 0 Å². The second-order valence-electron chi connectivity index (χ2n) is 4.84. The van der Waals surface area contributed by atoms with Gasteiger partial charge in [-0.15, -0.1) is 0 Å². The number of hydrogen-bond donors (Lipinski definition) is 1. The summed E-state index contributed by atoms with van der Waals surface area (Å²) < 4.78 is 5.66. The van der Waals surface area contributed by atoms with E-state index in [1.165, 1.54) is 0 Å². The highest BCUT2D eigenvalue weighted by Crippen LogP contribution is 2.16. The van der Waals surface area contributed by atoms with Crippen LogP contribution in [0.5, 0.6) is 5.88 Å². The van der Waals surface area contributed by atoms with E-state index in [9.17, 15) is 0 Å². The molecule has 1 aromatic heterocycles. The van der Waals surface area contributed by atoms with Crippen LogP contribution < -0.4 is 10.1 Å².